The first-order valence-electron chi connectivity index (χ1n) is 4.09. The zero-order valence-corrected chi connectivity index (χ0v) is 10.5. The monoisotopic (exact) mass is 402 g/mol. The lowest BCUT2D eigenvalue weighted by Gasteiger charge is -2.12. The predicted octanol–water partition coefficient (Wildman–Crippen LogP) is 3.51. The second-order valence-electron chi connectivity index (χ2n) is 2.95. The van der Waals surface area contributed by atoms with E-state index in [0.717, 1.165) is 22.6 Å². The highest BCUT2D eigenvalue weighted by molar-refractivity contribution is 14.1. The molecule has 0 aromatic carbocycles. The summed E-state index contributed by atoms with van der Waals surface area (Å²) in [5, 5.41) is 10.5. The molecule has 1 heterocycles. The summed E-state index contributed by atoms with van der Waals surface area (Å²) in [5.74, 6) is -1.52. The highest BCUT2D eigenvalue weighted by Gasteiger charge is 2.39. The molecule has 0 saturated heterocycles. The number of halogens is 7. The van der Waals surface area contributed by atoms with E-state index in [9.17, 15) is 36.5 Å². The van der Waals surface area contributed by atoms with E-state index in [4.69, 9.17) is 0 Å². The van der Waals surface area contributed by atoms with Crippen molar-refractivity contribution in [2.45, 2.75) is 12.5 Å². The number of hydrogen-bond acceptors (Lipinski definition) is 4. The molecule has 0 saturated carbocycles. The van der Waals surface area contributed by atoms with Gasteiger partial charge in [0.2, 0.25) is 5.88 Å². The molecular weight excluding hydrogens is 401 g/mol. The summed E-state index contributed by atoms with van der Waals surface area (Å²) >= 11 is 1.04. The van der Waals surface area contributed by atoms with E-state index in [2.05, 4.69) is 9.72 Å². The van der Waals surface area contributed by atoms with E-state index in [1.165, 1.54) is 0 Å². The van der Waals surface area contributed by atoms with Gasteiger partial charge in [0.1, 0.15) is 0 Å². The lowest BCUT2D eigenvalue weighted by Crippen LogP contribution is -2.20. The van der Waals surface area contributed by atoms with Gasteiger partial charge in [-0.25, -0.2) is 4.98 Å². The Kier molecular flexibility index (Phi) is 4.11. The van der Waals surface area contributed by atoms with E-state index in [1.54, 1.807) is 0 Å². The molecule has 0 aliphatic rings. The lowest BCUT2D eigenvalue weighted by molar-refractivity contribution is -0.386. The molecule has 0 spiro atoms. The molecule has 12 heteroatoms. The van der Waals surface area contributed by atoms with Gasteiger partial charge in [0, 0.05) is 6.07 Å². The third kappa shape index (κ3) is 4.07. The van der Waals surface area contributed by atoms with Gasteiger partial charge in [-0.15, -0.1) is 13.2 Å². The number of nitrogens with zero attached hydrogens (tertiary/aromatic N) is 2. The van der Waals surface area contributed by atoms with Gasteiger partial charge in [0.25, 0.3) is 5.69 Å². The van der Waals surface area contributed by atoms with E-state index in [-0.39, 0.29) is 6.07 Å². The van der Waals surface area contributed by atoms with E-state index in [1.807, 2.05) is 0 Å². The van der Waals surface area contributed by atoms with Gasteiger partial charge in [-0.2, -0.15) is 13.2 Å². The van der Waals surface area contributed by atoms with Crippen LogP contribution in [0.25, 0.3) is 0 Å². The molecule has 106 valence electrons. The molecule has 19 heavy (non-hydrogen) atoms. The Labute approximate surface area is 113 Å². The average Bonchev–Trinajstić information content (AvgIpc) is 2.16. The topological polar surface area (TPSA) is 65.3 Å². The Balaban J connectivity index is 3.45. The van der Waals surface area contributed by atoms with Crippen molar-refractivity contribution in [2.24, 2.45) is 0 Å². The fourth-order valence-corrected chi connectivity index (χ4v) is 1.53. The number of alkyl halides is 6. The second kappa shape index (κ2) is 4.97. The smallest absolute Gasteiger partial charge is 0.386 e. The zero-order chi connectivity index (χ0) is 15.0. The summed E-state index contributed by atoms with van der Waals surface area (Å²) in [6, 6.07) is 0.0327. The normalized spacial score (nSPS) is 12.4. The highest BCUT2D eigenvalue weighted by Crippen LogP contribution is 2.37. The van der Waals surface area contributed by atoms with Gasteiger partial charge in [-0.1, -0.05) is 0 Å². The van der Waals surface area contributed by atoms with Gasteiger partial charge >= 0.3 is 12.5 Å². The van der Waals surface area contributed by atoms with Crippen molar-refractivity contribution in [3.05, 3.63) is 25.4 Å². The third-order valence-corrected chi connectivity index (χ3v) is 2.62. The van der Waals surface area contributed by atoms with Crippen LogP contribution < -0.4 is 4.74 Å². The number of nitro groups is 1. The van der Waals surface area contributed by atoms with Crippen molar-refractivity contribution in [2.75, 3.05) is 0 Å². The SMILES string of the molecule is O=[N+]([O-])c1cc(C(F)(F)F)nc(OC(F)(F)F)c1I. The summed E-state index contributed by atoms with van der Waals surface area (Å²) in [6.07, 6.45) is -10.5. The molecule has 0 amide bonds. The van der Waals surface area contributed by atoms with Crippen molar-refractivity contribution in [3.8, 4) is 5.88 Å². The Morgan fingerprint density at radius 1 is 1.26 bits per heavy atom. The number of ether oxygens (including phenoxy) is 1. The Bertz CT molecular complexity index is 515. The Morgan fingerprint density at radius 2 is 1.79 bits per heavy atom. The fraction of sp³-hybridized carbons (Fsp3) is 0.286. The van der Waals surface area contributed by atoms with Crippen LogP contribution in [0.3, 0.4) is 0 Å². The minimum absolute atomic E-state index is 0.0327. The van der Waals surface area contributed by atoms with Crippen LogP contribution in [0.1, 0.15) is 5.69 Å². The molecular formula is C7HF6IN2O3. The number of hydrogen-bond donors (Lipinski definition) is 0. The molecule has 0 radical (unpaired) electrons. The lowest BCUT2D eigenvalue weighted by atomic mass is 10.3. The summed E-state index contributed by atoms with van der Waals surface area (Å²) in [6.45, 7) is 0. The molecule has 1 aromatic rings. The standard InChI is InChI=1S/C7HF6IN2O3/c8-6(9,10)3-1-2(16(17)18)4(14)5(15-3)19-7(11,12)13/h1H. The van der Waals surface area contributed by atoms with E-state index in [0.29, 0.717) is 0 Å². The average molecular weight is 402 g/mol. The molecule has 0 fully saturated rings. The van der Waals surface area contributed by atoms with Gasteiger partial charge < -0.3 is 4.74 Å². The van der Waals surface area contributed by atoms with Crippen molar-refractivity contribution in [3.63, 3.8) is 0 Å². The third-order valence-electron chi connectivity index (χ3n) is 1.61. The van der Waals surface area contributed by atoms with Gasteiger partial charge in [-0.05, 0) is 22.6 Å². The zero-order valence-electron chi connectivity index (χ0n) is 8.34. The molecule has 1 aromatic heterocycles. The van der Waals surface area contributed by atoms with Crippen molar-refractivity contribution >= 4 is 28.3 Å². The van der Waals surface area contributed by atoms with Crippen molar-refractivity contribution < 1.29 is 36.0 Å². The van der Waals surface area contributed by atoms with E-state index < -0.39 is 38.3 Å². The molecule has 5 nitrogen and oxygen atoms in total. The van der Waals surface area contributed by atoms with Crippen LogP contribution in [0, 0.1) is 13.7 Å². The van der Waals surface area contributed by atoms with Crippen LogP contribution in [0.5, 0.6) is 5.88 Å². The van der Waals surface area contributed by atoms with Crippen molar-refractivity contribution in [1.82, 2.24) is 4.98 Å². The van der Waals surface area contributed by atoms with Gasteiger partial charge in [-0.3, -0.25) is 10.1 Å². The van der Waals surface area contributed by atoms with Crippen LogP contribution in [-0.4, -0.2) is 16.3 Å². The predicted molar refractivity (Wildman–Crippen MR) is 55.3 cm³/mol. The first kappa shape index (κ1) is 15.7. The minimum atomic E-state index is -5.31. The second-order valence-corrected chi connectivity index (χ2v) is 4.03. The van der Waals surface area contributed by atoms with Crippen LogP contribution in [0.2, 0.25) is 0 Å². The molecule has 0 aliphatic carbocycles. The fourth-order valence-electron chi connectivity index (χ4n) is 0.948. The summed E-state index contributed by atoms with van der Waals surface area (Å²) in [7, 11) is 0. The summed E-state index contributed by atoms with van der Waals surface area (Å²) in [4.78, 5) is 11.8. The molecule has 0 unspecified atom stereocenters. The Hall–Kier alpha value is -1.34. The maximum Gasteiger partial charge on any atom is 0.574 e. The first-order valence-corrected chi connectivity index (χ1v) is 5.17. The molecule has 0 bridgehead atoms. The van der Waals surface area contributed by atoms with Crippen LogP contribution >= 0.6 is 22.6 Å². The van der Waals surface area contributed by atoms with Crippen molar-refractivity contribution in [1.29, 1.82) is 0 Å². The number of aromatic nitrogens is 1. The molecule has 0 aliphatic heterocycles. The van der Waals surface area contributed by atoms with Crippen LogP contribution in [-0.2, 0) is 6.18 Å². The largest absolute Gasteiger partial charge is 0.574 e. The summed E-state index contributed by atoms with van der Waals surface area (Å²) in [5.41, 5.74) is -3.03. The molecule has 0 atom stereocenters. The van der Waals surface area contributed by atoms with Crippen LogP contribution in [0.4, 0.5) is 32.0 Å². The minimum Gasteiger partial charge on any atom is -0.386 e. The molecule has 1 rings (SSSR count). The van der Waals surface area contributed by atoms with Gasteiger partial charge in [0.15, 0.2) is 9.26 Å². The number of rotatable bonds is 2. The summed E-state index contributed by atoms with van der Waals surface area (Å²) < 4.78 is 75.4. The highest BCUT2D eigenvalue weighted by atomic mass is 127. The first-order chi connectivity index (χ1) is 8.42. The quantitative estimate of drug-likeness (QED) is 0.329. The number of pyridine rings is 1. The van der Waals surface area contributed by atoms with Gasteiger partial charge in [0.05, 0.1) is 4.92 Å². The maximum absolute atomic E-state index is 12.4. The Morgan fingerprint density at radius 3 is 2.16 bits per heavy atom. The molecule has 0 N–H and O–H groups in total. The van der Waals surface area contributed by atoms with E-state index >= 15 is 0 Å². The maximum atomic E-state index is 12.4. The van der Waals surface area contributed by atoms with Crippen LogP contribution in [0.15, 0.2) is 6.07 Å².